The van der Waals surface area contributed by atoms with E-state index in [0.29, 0.717) is 25.1 Å². The van der Waals surface area contributed by atoms with Crippen LogP contribution in [0.4, 0.5) is 10.5 Å². The van der Waals surface area contributed by atoms with Gasteiger partial charge in [0.15, 0.2) is 5.76 Å². The lowest BCUT2D eigenvalue weighted by atomic mass is 9.87. The first-order valence-corrected chi connectivity index (χ1v) is 9.85. The number of hydrogen-bond acceptors (Lipinski definition) is 4. The number of nitrogens with one attached hydrogen (secondary N) is 1. The van der Waals surface area contributed by atoms with Gasteiger partial charge < -0.3 is 14.6 Å². The standard InChI is InChI=1S/C22H25N3O4/c1-22(2,3)14-6-8-16(9-7-14)25-20(27)17-13-15(10-11-24(17)21(25)28)23-19(26)18-5-4-12-29-18/h4-9,12,15,17H,10-11,13H2,1-3H3,(H,23,26). The first-order valence-electron chi connectivity index (χ1n) is 9.85. The molecular weight excluding hydrogens is 370 g/mol. The highest BCUT2D eigenvalue weighted by atomic mass is 16.3. The number of piperidine rings is 1. The van der Waals surface area contributed by atoms with Crippen LogP contribution in [0.3, 0.4) is 0 Å². The van der Waals surface area contributed by atoms with E-state index >= 15 is 0 Å². The SMILES string of the molecule is CC(C)(C)c1ccc(N2C(=O)C3CC(NC(=O)c4ccco4)CCN3C2=O)cc1. The molecule has 2 atom stereocenters. The topological polar surface area (TPSA) is 82.9 Å². The molecule has 1 aromatic carbocycles. The Bertz CT molecular complexity index is 928. The molecule has 2 saturated heterocycles. The Balaban J connectivity index is 1.48. The molecule has 2 aliphatic heterocycles. The molecule has 29 heavy (non-hydrogen) atoms. The number of fused-ring (bicyclic) bond motifs is 1. The van der Waals surface area contributed by atoms with Crippen LogP contribution in [0.25, 0.3) is 0 Å². The Morgan fingerprint density at radius 3 is 2.48 bits per heavy atom. The molecule has 2 unspecified atom stereocenters. The van der Waals surface area contributed by atoms with Gasteiger partial charge in [0.1, 0.15) is 6.04 Å². The van der Waals surface area contributed by atoms with Crippen molar-refractivity contribution in [3.05, 3.63) is 54.0 Å². The Morgan fingerprint density at radius 1 is 1.14 bits per heavy atom. The zero-order valence-corrected chi connectivity index (χ0v) is 16.8. The van der Waals surface area contributed by atoms with Crippen molar-refractivity contribution in [1.29, 1.82) is 0 Å². The van der Waals surface area contributed by atoms with E-state index in [1.165, 1.54) is 11.2 Å². The van der Waals surface area contributed by atoms with Crippen LogP contribution in [-0.4, -0.2) is 41.4 Å². The molecule has 1 aromatic heterocycles. The molecule has 1 N–H and O–H groups in total. The van der Waals surface area contributed by atoms with E-state index in [-0.39, 0.29) is 35.1 Å². The van der Waals surface area contributed by atoms with Gasteiger partial charge in [-0.15, -0.1) is 0 Å². The molecule has 0 saturated carbocycles. The fourth-order valence-corrected chi connectivity index (χ4v) is 3.94. The second kappa shape index (κ2) is 7.06. The van der Waals surface area contributed by atoms with Gasteiger partial charge in [0.05, 0.1) is 12.0 Å². The Morgan fingerprint density at radius 2 is 1.86 bits per heavy atom. The summed E-state index contributed by atoms with van der Waals surface area (Å²) >= 11 is 0. The van der Waals surface area contributed by atoms with Crippen LogP contribution in [0.5, 0.6) is 0 Å². The zero-order valence-electron chi connectivity index (χ0n) is 16.8. The molecule has 152 valence electrons. The summed E-state index contributed by atoms with van der Waals surface area (Å²) in [6, 6.07) is 9.78. The highest BCUT2D eigenvalue weighted by Gasteiger charge is 2.48. The van der Waals surface area contributed by atoms with Crippen molar-refractivity contribution in [2.75, 3.05) is 11.4 Å². The van der Waals surface area contributed by atoms with Crippen LogP contribution in [0.1, 0.15) is 49.7 Å². The summed E-state index contributed by atoms with van der Waals surface area (Å²) in [7, 11) is 0. The molecule has 0 spiro atoms. The summed E-state index contributed by atoms with van der Waals surface area (Å²) in [4.78, 5) is 41.0. The molecular formula is C22H25N3O4. The van der Waals surface area contributed by atoms with Crippen molar-refractivity contribution in [2.45, 2.75) is 51.1 Å². The van der Waals surface area contributed by atoms with E-state index in [1.54, 1.807) is 17.0 Å². The number of urea groups is 1. The quantitative estimate of drug-likeness (QED) is 0.809. The molecule has 4 amide bonds. The van der Waals surface area contributed by atoms with Crippen LogP contribution in [0.2, 0.25) is 0 Å². The summed E-state index contributed by atoms with van der Waals surface area (Å²) in [5.74, 6) is -0.308. The normalized spacial score (nSPS) is 22.0. The Kier molecular flexibility index (Phi) is 4.68. The van der Waals surface area contributed by atoms with Gasteiger partial charge in [-0.05, 0) is 48.1 Å². The van der Waals surface area contributed by atoms with Crippen LogP contribution in [-0.2, 0) is 10.2 Å². The molecule has 4 rings (SSSR count). The number of carbonyl (C=O) groups is 3. The van der Waals surface area contributed by atoms with Gasteiger partial charge in [-0.3, -0.25) is 9.59 Å². The summed E-state index contributed by atoms with van der Waals surface area (Å²) in [5.41, 5.74) is 1.71. The number of imide groups is 1. The van der Waals surface area contributed by atoms with Gasteiger partial charge >= 0.3 is 6.03 Å². The lowest BCUT2D eigenvalue weighted by Crippen LogP contribution is -2.49. The average Bonchev–Trinajstić information content (AvgIpc) is 3.29. The van der Waals surface area contributed by atoms with Gasteiger partial charge in [-0.25, -0.2) is 9.69 Å². The molecule has 0 bridgehead atoms. The lowest BCUT2D eigenvalue weighted by Gasteiger charge is -2.32. The van der Waals surface area contributed by atoms with Gasteiger partial charge in [0.2, 0.25) is 0 Å². The van der Waals surface area contributed by atoms with E-state index in [1.807, 2.05) is 24.3 Å². The van der Waals surface area contributed by atoms with Crippen molar-refractivity contribution in [1.82, 2.24) is 10.2 Å². The van der Waals surface area contributed by atoms with E-state index in [0.717, 1.165) is 5.56 Å². The van der Waals surface area contributed by atoms with Crippen LogP contribution >= 0.6 is 0 Å². The van der Waals surface area contributed by atoms with E-state index < -0.39 is 6.04 Å². The molecule has 0 radical (unpaired) electrons. The molecule has 2 aliphatic rings. The van der Waals surface area contributed by atoms with Crippen molar-refractivity contribution in [2.24, 2.45) is 0 Å². The third-order valence-corrected chi connectivity index (χ3v) is 5.62. The van der Waals surface area contributed by atoms with E-state index in [4.69, 9.17) is 4.42 Å². The molecule has 0 aliphatic carbocycles. The van der Waals surface area contributed by atoms with Crippen LogP contribution in [0.15, 0.2) is 47.1 Å². The van der Waals surface area contributed by atoms with Crippen molar-refractivity contribution in [3.8, 4) is 0 Å². The number of benzene rings is 1. The number of furan rings is 1. The number of rotatable bonds is 3. The monoisotopic (exact) mass is 395 g/mol. The van der Waals surface area contributed by atoms with Crippen LogP contribution in [0, 0.1) is 0 Å². The minimum Gasteiger partial charge on any atom is -0.459 e. The lowest BCUT2D eigenvalue weighted by molar-refractivity contribution is -0.120. The van der Waals surface area contributed by atoms with Gasteiger partial charge in [-0.2, -0.15) is 0 Å². The average molecular weight is 395 g/mol. The smallest absolute Gasteiger partial charge is 0.332 e. The highest BCUT2D eigenvalue weighted by molar-refractivity contribution is 6.21. The minimum absolute atomic E-state index is 0.00549. The number of nitrogens with zero attached hydrogens (tertiary/aromatic N) is 2. The minimum atomic E-state index is -0.555. The predicted molar refractivity (Wildman–Crippen MR) is 108 cm³/mol. The first kappa shape index (κ1) is 19.2. The van der Waals surface area contributed by atoms with E-state index in [2.05, 4.69) is 26.1 Å². The summed E-state index contributed by atoms with van der Waals surface area (Å²) in [6.07, 6.45) is 2.44. The van der Waals surface area contributed by atoms with Crippen molar-refractivity contribution >= 4 is 23.5 Å². The third kappa shape index (κ3) is 3.52. The Hall–Kier alpha value is -3.09. The summed E-state index contributed by atoms with van der Waals surface area (Å²) < 4.78 is 5.12. The van der Waals surface area contributed by atoms with Crippen molar-refractivity contribution < 1.29 is 18.8 Å². The Labute approximate surface area is 169 Å². The maximum atomic E-state index is 13.0. The predicted octanol–water partition coefficient (Wildman–Crippen LogP) is 3.31. The van der Waals surface area contributed by atoms with Gasteiger partial charge in [0, 0.05) is 12.6 Å². The molecule has 7 heteroatoms. The fraction of sp³-hybridized carbons (Fsp3) is 0.409. The number of hydrogen-bond donors (Lipinski definition) is 1. The molecule has 2 aromatic rings. The summed E-state index contributed by atoms with van der Waals surface area (Å²) in [5, 5.41) is 2.91. The molecule has 2 fully saturated rings. The van der Waals surface area contributed by atoms with Gasteiger partial charge in [-0.1, -0.05) is 32.9 Å². The fourth-order valence-electron chi connectivity index (χ4n) is 3.94. The second-order valence-corrected chi connectivity index (χ2v) is 8.63. The van der Waals surface area contributed by atoms with Crippen molar-refractivity contribution in [3.63, 3.8) is 0 Å². The van der Waals surface area contributed by atoms with E-state index in [9.17, 15) is 14.4 Å². The van der Waals surface area contributed by atoms with Crippen LogP contribution < -0.4 is 10.2 Å². The molecule has 7 nitrogen and oxygen atoms in total. The third-order valence-electron chi connectivity index (χ3n) is 5.62. The molecule has 3 heterocycles. The maximum Gasteiger partial charge on any atom is 0.332 e. The number of amides is 4. The summed E-state index contributed by atoms with van der Waals surface area (Å²) in [6.45, 7) is 6.78. The maximum absolute atomic E-state index is 13.0. The van der Waals surface area contributed by atoms with Gasteiger partial charge in [0.25, 0.3) is 11.8 Å². The number of carbonyl (C=O) groups excluding carboxylic acids is 3. The largest absolute Gasteiger partial charge is 0.459 e. The second-order valence-electron chi connectivity index (χ2n) is 8.63. The highest BCUT2D eigenvalue weighted by Crippen LogP contribution is 2.32. The first-order chi connectivity index (χ1) is 13.8. The number of anilines is 1. The zero-order chi connectivity index (χ0) is 20.8.